The van der Waals surface area contributed by atoms with Crippen LogP contribution in [-0.2, 0) is 19.1 Å². The highest BCUT2D eigenvalue weighted by molar-refractivity contribution is 7.80. The van der Waals surface area contributed by atoms with Crippen molar-refractivity contribution in [3.8, 4) is 0 Å². The molecule has 1 saturated heterocycles. The number of carbonyl (C=O) groups is 4. The first kappa shape index (κ1) is 29.2. The first-order valence-corrected chi connectivity index (χ1v) is 13.0. The lowest BCUT2D eigenvalue weighted by Crippen LogP contribution is -2.60. The summed E-state index contributed by atoms with van der Waals surface area (Å²) in [6.07, 6.45) is 8.99. The summed E-state index contributed by atoms with van der Waals surface area (Å²) in [4.78, 5) is 50.6. The molecule has 2 rings (SSSR count). The molecule has 1 aromatic carbocycles. The van der Waals surface area contributed by atoms with Crippen molar-refractivity contribution < 1.29 is 28.7 Å². The van der Waals surface area contributed by atoms with Crippen LogP contribution >= 0.6 is 12.2 Å². The van der Waals surface area contributed by atoms with E-state index in [1.807, 2.05) is 0 Å². The molecule has 2 N–H and O–H groups in total. The number of thiocarbonyl (C=S) groups is 1. The molecule has 1 unspecified atom stereocenters. The predicted octanol–water partition coefficient (Wildman–Crippen LogP) is 3.36. The van der Waals surface area contributed by atoms with Crippen LogP contribution in [0.4, 0.5) is 0 Å². The monoisotopic (exact) mass is 519 g/mol. The number of hydrogen-bond acceptors (Lipinski definition) is 7. The van der Waals surface area contributed by atoms with Crippen molar-refractivity contribution in [2.75, 3.05) is 26.8 Å². The fourth-order valence-electron chi connectivity index (χ4n) is 3.92. The normalized spacial score (nSPS) is 15.1. The number of esters is 2. The van der Waals surface area contributed by atoms with Gasteiger partial charge in [0.25, 0.3) is 5.91 Å². The van der Waals surface area contributed by atoms with Gasteiger partial charge in [-0.25, -0.2) is 4.79 Å². The topological polar surface area (TPSA) is 114 Å². The lowest BCUT2D eigenvalue weighted by Gasteiger charge is -2.36. The number of nitrogens with zero attached hydrogens (tertiary/aromatic N) is 1. The van der Waals surface area contributed by atoms with Crippen molar-refractivity contribution in [2.45, 2.75) is 70.8 Å². The molecule has 1 aliphatic rings. The van der Waals surface area contributed by atoms with Gasteiger partial charge in [0, 0.05) is 18.7 Å². The van der Waals surface area contributed by atoms with Gasteiger partial charge < -0.3 is 19.7 Å². The van der Waals surface area contributed by atoms with Crippen LogP contribution in [0, 0.1) is 0 Å². The number of carbonyl (C=O) groups excluding carboxylic acids is 4. The van der Waals surface area contributed by atoms with Crippen molar-refractivity contribution in [1.82, 2.24) is 15.5 Å². The van der Waals surface area contributed by atoms with E-state index < -0.39 is 23.9 Å². The highest BCUT2D eigenvalue weighted by atomic mass is 32.1. The van der Waals surface area contributed by atoms with Gasteiger partial charge in [-0.15, -0.1) is 0 Å². The summed E-state index contributed by atoms with van der Waals surface area (Å²) in [6.45, 7) is 3.21. The highest BCUT2D eigenvalue weighted by Gasteiger charge is 2.34. The molecular formula is C26H37N3O6S. The molecule has 9 nitrogen and oxygen atoms in total. The molecule has 36 heavy (non-hydrogen) atoms. The van der Waals surface area contributed by atoms with Crippen LogP contribution in [0.25, 0.3) is 0 Å². The number of hydrogen-bond donors (Lipinski definition) is 2. The summed E-state index contributed by atoms with van der Waals surface area (Å²) in [6, 6.07) is 5.05. The number of amides is 2. The lowest BCUT2D eigenvalue weighted by molar-refractivity contribution is -0.147. The summed E-state index contributed by atoms with van der Waals surface area (Å²) in [5.74, 6) is -1.81. The van der Waals surface area contributed by atoms with Gasteiger partial charge in [-0.2, -0.15) is 0 Å². The lowest BCUT2D eigenvalue weighted by atomic mass is 10.1. The Kier molecular flexibility index (Phi) is 12.9. The third kappa shape index (κ3) is 9.56. The van der Waals surface area contributed by atoms with E-state index in [0.29, 0.717) is 25.3 Å². The molecule has 1 aromatic rings. The van der Waals surface area contributed by atoms with E-state index in [4.69, 9.17) is 17.0 Å². The largest absolute Gasteiger partial charge is 0.466 e. The maximum atomic E-state index is 12.6. The Morgan fingerprint density at radius 1 is 1.03 bits per heavy atom. The Hall–Kier alpha value is -3.01. The molecule has 2 amide bonds. The van der Waals surface area contributed by atoms with Crippen LogP contribution in [0.5, 0.6) is 0 Å². The minimum absolute atomic E-state index is 0.0489. The Labute approximate surface area is 218 Å². The van der Waals surface area contributed by atoms with Crippen molar-refractivity contribution in [2.24, 2.45) is 0 Å². The van der Waals surface area contributed by atoms with E-state index in [0.717, 1.165) is 19.3 Å². The SMILES string of the molecule is CCCCCCCCCCOC(=O)CC1C(=O)NCCN1C(=S)NC(=O)c1ccc(C(=O)OC)cc1. The van der Waals surface area contributed by atoms with Gasteiger partial charge in [0.2, 0.25) is 5.91 Å². The number of benzene rings is 1. The van der Waals surface area contributed by atoms with E-state index in [-0.39, 0.29) is 23.0 Å². The molecule has 0 bridgehead atoms. The van der Waals surface area contributed by atoms with Gasteiger partial charge in [-0.3, -0.25) is 19.7 Å². The van der Waals surface area contributed by atoms with Crippen molar-refractivity contribution >= 4 is 41.1 Å². The zero-order chi connectivity index (χ0) is 26.3. The molecule has 1 aliphatic heterocycles. The van der Waals surface area contributed by atoms with Gasteiger partial charge in [0.05, 0.1) is 25.7 Å². The van der Waals surface area contributed by atoms with Gasteiger partial charge in [0.1, 0.15) is 6.04 Å². The Bertz CT molecular complexity index is 905. The number of nitrogens with one attached hydrogen (secondary N) is 2. The summed E-state index contributed by atoms with van der Waals surface area (Å²) in [5, 5.41) is 5.39. The van der Waals surface area contributed by atoms with Crippen LogP contribution in [-0.4, -0.2) is 66.6 Å². The number of piperazine rings is 1. The van der Waals surface area contributed by atoms with Crippen LogP contribution in [0.2, 0.25) is 0 Å². The molecular weight excluding hydrogens is 482 g/mol. The summed E-state index contributed by atoms with van der Waals surface area (Å²) < 4.78 is 9.99. The minimum atomic E-state index is -0.862. The predicted molar refractivity (Wildman–Crippen MR) is 140 cm³/mol. The maximum Gasteiger partial charge on any atom is 0.337 e. The summed E-state index contributed by atoms with van der Waals surface area (Å²) in [5.41, 5.74) is 0.600. The van der Waals surface area contributed by atoms with E-state index in [1.54, 1.807) is 0 Å². The fourth-order valence-corrected chi connectivity index (χ4v) is 4.23. The Morgan fingerprint density at radius 2 is 1.64 bits per heavy atom. The summed E-state index contributed by atoms with van der Waals surface area (Å²) in [7, 11) is 1.28. The van der Waals surface area contributed by atoms with Gasteiger partial charge in [0.15, 0.2) is 5.11 Å². The van der Waals surface area contributed by atoms with Gasteiger partial charge in [-0.05, 0) is 42.9 Å². The highest BCUT2D eigenvalue weighted by Crippen LogP contribution is 2.13. The van der Waals surface area contributed by atoms with E-state index in [9.17, 15) is 19.2 Å². The van der Waals surface area contributed by atoms with E-state index in [2.05, 4.69) is 22.3 Å². The molecule has 1 fully saturated rings. The average molecular weight is 520 g/mol. The number of ether oxygens (including phenoxy) is 2. The second kappa shape index (κ2) is 15.9. The second-order valence-electron chi connectivity index (χ2n) is 8.73. The first-order chi connectivity index (χ1) is 17.4. The first-order valence-electron chi connectivity index (χ1n) is 12.6. The zero-order valence-electron chi connectivity index (χ0n) is 21.2. The molecule has 0 radical (unpaired) electrons. The molecule has 1 atom stereocenters. The third-order valence-corrected chi connectivity index (χ3v) is 6.34. The Balaban J connectivity index is 1.81. The molecule has 10 heteroatoms. The van der Waals surface area contributed by atoms with Crippen LogP contribution in [0.1, 0.15) is 85.4 Å². The van der Waals surface area contributed by atoms with Crippen molar-refractivity contribution in [3.63, 3.8) is 0 Å². The molecule has 0 aromatic heterocycles. The second-order valence-corrected chi connectivity index (χ2v) is 9.11. The van der Waals surface area contributed by atoms with Crippen molar-refractivity contribution in [3.05, 3.63) is 35.4 Å². The molecule has 0 aliphatic carbocycles. The van der Waals surface area contributed by atoms with Gasteiger partial charge in [-0.1, -0.05) is 51.9 Å². The fraction of sp³-hybridized carbons (Fsp3) is 0.577. The van der Waals surface area contributed by atoms with E-state index in [1.165, 1.54) is 68.4 Å². The Morgan fingerprint density at radius 3 is 2.28 bits per heavy atom. The van der Waals surface area contributed by atoms with Crippen LogP contribution in [0.15, 0.2) is 24.3 Å². The van der Waals surface area contributed by atoms with Crippen LogP contribution < -0.4 is 10.6 Å². The molecule has 1 heterocycles. The number of rotatable bonds is 13. The van der Waals surface area contributed by atoms with E-state index >= 15 is 0 Å². The standard InChI is InChI=1S/C26H37N3O6S/c1-3-4-5-6-7-8-9-10-17-35-22(30)18-21-24(32)27-15-16-29(21)26(36)28-23(31)19-11-13-20(14-12-19)25(33)34-2/h11-14,21H,3-10,15-18H2,1-2H3,(H,27,32)(H,28,31,36). The van der Waals surface area contributed by atoms with Crippen molar-refractivity contribution in [1.29, 1.82) is 0 Å². The number of unbranched alkanes of at least 4 members (excludes halogenated alkanes) is 7. The van der Waals surface area contributed by atoms with Crippen LogP contribution in [0.3, 0.4) is 0 Å². The smallest absolute Gasteiger partial charge is 0.337 e. The minimum Gasteiger partial charge on any atom is -0.466 e. The summed E-state index contributed by atoms with van der Waals surface area (Å²) >= 11 is 5.38. The average Bonchev–Trinajstić information content (AvgIpc) is 2.88. The number of methoxy groups -OCH3 is 1. The molecule has 198 valence electrons. The quantitative estimate of drug-likeness (QED) is 0.232. The molecule has 0 spiro atoms. The van der Waals surface area contributed by atoms with Gasteiger partial charge >= 0.3 is 11.9 Å². The maximum absolute atomic E-state index is 12.6. The zero-order valence-corrected chi connectivity index (χ0v) is 22.0. The third-order valence-electron chi connectivity index (χ3n) is 6.00. The molecule has 0 saturated carbocycles.